The second kappa shape index (κ2) is 5.48. The van der Waals surface area contributed by atoms with E-state index in [1.165, 1.54) is 0 Å². The third-order valence-corrected chi connectivity index (χ3v) is 3.25. The van der Waals surface area contributed by atoms with Gasteiger partial charge in [0.25, 0.3) is 0 Å². The van der Waals surface area contributed by atoms with E-state index in [1.807, 2.05) is 0 Å². The van der Waals surface area contributed by atoms with E-state index in [0.717, 1.165) is 32.7 Å². The predicted octanol–water partition coefficient (Wildman–Crippen LogP) is 2.94. The molecule has 108 valence electrons. The molecule has 0 aromatic heterocycles. The van der Waals surface area contributed by atoms with Crippen LogP contribution in [0.4, 0.5) is 0 Å². The molecule has 0 unspecified atom stereocenters. The summed E-state index contributed by atoms with van der Waals surface area (Å²) in [4.78, 5) is 2.37. The van der Waals surface area contributed by atoms with Crippen LogP contribution in [0.5, 0.6) is 0 Å². The third kappa shape index (κ3) is 5.68. The lowest BCUT2D eigenvalue weighted by Gasteiger charge is -2.34. The van der Waals surface area contributed by atoms with Gasteiger partial charge < -0.3 is 14.4 Å². The van der Waals surface area contributed by atoms with Crippen LogP contribution in [0.2, 0.25) is 0 Å². The minimum atomic E-state index is -0.0735. The van der Waals surface area contributed by atoms with E-state index in [9.17, 15) is 0 Å². The molecule has 0 aliphatic carbocycles. The minimum Gasteiger partial charge on any atom is -0.375 e. The van der Waals surface area contributed by atoms with Gasteiger partial charge in [-0.25, -0.2) is 0 Å². The molecule has 0 saturated carbocycles. The van der Waals surface area contributed by atoms with Gasteiger partial charge in [0.05, 0.1) is 24.4 Å². The molecule has 3 nitrogen and oxygen atoms in total. The smallest absolute Gasteiger partial charge is 0.0598 e. The first-order chi connectivity index (χ1) is 8.02. The predicted molar refractivity (Wildman–Crippen MR) is 76.0 cm³/mol. The molecular weight excluding hydrogens is 226 g/mol. The molecule has 18 heavy (non-hydrogen) atoms. The summed E-state index contributed by atoms with van der Waals surface area (Å²) in [6.07, 6.45) is 1.16. The van der Waals surface area contributed by atoms with Gasteiger partial charge in [-0.05, 0) is 61.6 Å². The van der Waals surface area contributed by atoms with Gasteiger partial charge in [-0.2, -0.15) is 0 Å². The maximum atomic E-state index is 6.02. The van der Waals surface area contributed by atoms with E-state index in [2.05, 4.69) is 53.5 Å². The molecule has 1 saturated heterocycles. The van der Waals surface area contributed by atoms with Crippen LogP contribution in [0, 0.1) is 5.41 Å². The molecule has 1 aliphatic heterocycles. The van der Waals surface area contributed by atoms with Gasteiger partial charge in [-0.3, -0.25) is 0 Å². The lowest BCUT2D eigenvalue weighted by molar-refractivity contribution is -0.103. The zero-order valence-corrected chi connectivity index (χ0v) is 13.3. The lowest BCUT2D eigenvalue weighted by atomic mass is 9.88. The number of likely N-dealkylation sites (tertiary alicyclic amines) is 1. The summed E-state index contributed by atoms with van der Waals surface area (Å²) in [5.74, 6) is 0. The van der Waals surface area contributed by atoms with Crippen molar-refractivity contribution in [1.29, 1.82) is 0 Å². The van der Waals surface area contributed by atoms with Crippen molar-refractivity contribution in [2.75, 3.05) is 33.4 Å². The van der Waals surface area contributed by atoms with Crippen molar-refractivity contribution < 1.29 is 9.47 Å². The molecule has 1 rings (SSSR count). The van der Waals surface area contributed by atoms with Crippen LogP contribution in [0.3, 0.4) is 0 Å². The fourth-order valence-corrected chi connectivity index (χ4v) is 2.18. The molecule has 0 bridgehead atoms. The average Bonchev–Trinajstić information content (AvgIpc) is 2.54. The molecule has 1 aliphatic rings. The highest BCUT2D eigenvalue weighted by Crippen LogP contribution is 2.33. The van der Waals surface area contributed by atoms with Crippen molar-refractivity contribution in [1.82, 2.24) is 4.90 Å². The van der Waals surface area contributed by atoms with Crippen LogP contribution in [-0.4, -0.2) is 49.5 Å². The summed E-state index contributed by atoms with van der Waals surface area (Å²) in [7, 11) is 2.18. The van der Waals surface area contributed by atoms with Gasteiger partial charge >= 0.3 is 0 Å². The fourth-order valence-electron chi connectivity index (χ4n) is 2.18. The quantitative estimate of drug-likeness (QED) is 0.773. The topological polar surface area (TPSA) is 21.7 Å². The van der Waals surface area contributed by atoms with E-state index in [0.29, 0.717) is 0 Å². The van der Waals surface area contributed by atoms with E-state index in [-0.39, 0.29) is 16.6 Å². The van der Waals surface area contributed by atoms with Gasteiger partial charge in [0, 0.05) is 12.0 Å². The number of hydrogen-bond donors (Lipinski definition) is 0. The van der Waals surface area contributed by atoms with Crippen molar-refractivity contribution in [3.63, 3.8) is 0 Å². The number of ether oxygens (including phenoxy) is 2. The van der Waals surface area contributed by atoms with Crippen molar-refractivity contribution in [2.24, 2.45) is 5.41 Å². The van der Waals surface area contributed by atoms with Gasteiger partial charge in [0.15, 0.2) is 0 Å². The highest BCUT2D eigenvalue weighted by Gasteiger charge is 2.39. The molecule has 0 aromatic rings. The van der Waals surface area contributed by atoms with Crippen LogP contribution >= 0.6 is 0 Å². The highest BCUT2D eigenvalue weighted by atomic mass is 16.5. The first kappa shape index (κ1) is 15.9. The first-order valence-electron chi connectivity index (χ1n) is 6.98. The monoisotopic (exact) mass is 257 g/mol. The van der Waals surface area contributed by atoms with Gasteiger partial charge in [-0.15, -0.1) is 0 Å². The summed E-state index contributed by atoms with van der Waals surface area (Å²) in [6, 6.07) is 0. The molecule has 0 spiro atoms. The Bertz CT molecular complexity index is 245. The second-order valence-electron chi connectivity index (χ2n) is 7.79. The molecular formula is C15H31NO2. The summed E-state index contributed by atoms with van der Waals surface area (Å²) in [5.41, 5.74) is 0.0150. The maximum absolute atomic E-state index is 6.02. The number of nitrogens with zero attached hydrogens (tertiary/aromatic N) is 1. The Morgan fingerprint density at radius 1 is 0.944 bits per heavy atom. The van der Waals surface area contributed by atoms with E-state index in [1.54, 1.807) is 0 Å². The minimum absolute atomic E-state index is 0.0735. The first-order valence-corrected chi connectivity index (χ1v) is 6.98. The number of hydrogen-bond acceptors (Lipinski definition) is 3. The Labute approximate surface area is 113 Å². The van der Waals surface area contributed by atoms with Crippen molar-refractivity contribution >= 4 is 0 Å². The summed E-state index contributed by atoms with van der Waals surface area (Å²) >= 11 is 0. The Kier molecular flexibility index (Phi) is 4.85. The molecule has 0 atom stereocenters. The number of rotatable bonds is 4. The van der Waals surface area contributed by atoms with Gasteiger partial charge in [0.1, 0.15) is 0 Å². The Morgan fingerprint density at radius 3 is 1.67 bits per heavy atom. The molecule has 0 radical (unpaired) electrons. The Balaban J connectivity index is 2.59. The highest BCUT2D eigenvalue weighted by molar-refractivity contribution is 4.90. The van der Waals surface area contributed by atoms with Crippen molar-refractivity contribution in [3.05, 3.63) is 0 Å². The van der Waals surface area contributed by atoms with E-state index >= 15 is 0 Å². The molecule has 0 amide bonds. The lowest BCUT2D eigenvalue weighted by Crippen LogP contribution is -2.40. The summed E-state index contributed by atoms with van der Waals surface area (Å²) in [6.45, 7) is 16.5. The van der Waals surface area contributed by atoms with Crippen LogP contribution in [0.15, 0.2) is 0 Å². The van der Waals surface area contributed by atoms with Crippen LogP contribution < -0.4 is 0 Å². The van der Waals surface area contributed by atoms with Crippen LogP contribution in [0.1, 0.15) is 48.0 Å². The fraction of sp³-hybridized carbons (Fsp3) is 1.00. The van der Waals surface area contributed by atoms with E-state index < -0.39 is 0 Å². The molecule has 0 N–H and O–H groups in total. The van der Waals surface area contributed by atoms with Gasteiger partial charge in [0.2, 0.25) is 0 Å². The largest absolute Gasteiger partial charge is 0.375 e. The zero-order chi connectivity index (χ0) is 14.0. The second-order valence-corrected chi connectivity index (χ2v) is 7.79. The summed E-state index contributed by atoms with van der Waals surface area (Å²) in [5, 5.41) is 0. The normalized spacial score (nSPS) is 21.5. The molecule has 1 fully saturated rings. The molecule has 3 heteroatoms. The molecule has 1 heterocycles. The van der Waals surface area contributed by atoms with Crippen LogP contribution in [0.25, 0.3) is 0 Å². The van der Waals surface area contributed by atoms with Gasteiger partial charge in [-0.1, -0.05) is 0 Å². The summed E-state index contributed by atoms with van der Waals surface area (Å²) < 4.78 is 12.0. The Hall–Kier alpha value is -0.120. The van der Waals surface area contributed by atoms with E-state index in [4.69, 9.17) is 9.47 Å². The van der Waals surface area contributed by atoms with Crippen molar-refractivity contribution in [3.8, 4) is 0 Å². The maximum Gasteiger partial charge on any atom is 0.0598 e. The SMILES string of the molecule is CN1CCC(COC(C)(C)C)(COC(C)(C)C)C1. The third-order valence-electron chi connectivity index (χ3n) is 3.25. The van der Waals surface area contributed by atoms with Crippen molar-refractivity contribution in [2.45, 2.75) is 59.2 Å². The zero-order valence-electron chi connectivity index (χ0n) is 13.3. The van der Waals surface area contributed by atoms with Crippen LogP contribution in [-0.2, 0) is 9.47 Å². The Morgan fingerprint density at radius 2 is 1.39 bits per heavy atom. The standard InChI is InChI=1S/C15H31NO2/c1-13(2,3)17-11-15(8-9-16(7)10-15)12-18-14(4,5)6/h8-12H2,1-7H3. The molecule has 0 aromatic carbocycles. The average molecular weight is 257 g/mol.